The van der Waals surface area contributed by atoms with E-state index in [0.29, 0.717) is 12.0 Å². The molecule has 0 aromatic heterocycles. The highest BCUT2D eigenvalue weighted by Gasteiger charge is 2.18. The predicted molar refractivity (Wildman–Crippen MR) is 76.7 cm³/mol. The molecule has 0 aliphatic heterocycles. The number of halogens is 1. The molecule has 0 heterocycles. The highest BCUT2D eigenvalue weighted by molar-refractivity contribution is 6.30. The summed E-state index contributed by atoms with van der Waals surface area (Å²) in [5.41, 5.74) is 2.67. The van der Waals surface area contributed by atoms with Crippen LogP contribution in [-0.4, -0.2) is 6.54 Å². The van der Waals surface area contributed by atoms with Crippen molar-refractivity contribution < 1.29 is 0 Å². The Balaban J connectivity index is 2.95. The van der Waals surface area contributed by atoms with Crippen molar-refractivity contribution in [2.75, 3.05) is 6.54 Å². The smallest absolute Gasteiger partial charge is 0.0408 e. The van der Waals surface area contributed by atoms with Crippen molar-refractivity contribution in [2.24, 2.45) is 5.92 Å². The molecule has 0 aliphatic carbocycles. The Labute approximate surface area is 111 Å². The molecule has 17 heavy (non-hydrogen) atoms. The molecule has 2 unspecified atom stereocenters. The molecule has 0 saturated carbocycles. The molecule has 96 valence electrons. The van der Waals surface area contributed by atoms with E-state index in [4.69, 9.17) is 11.6 Å². The maximum absolute atomic E-state index is 6.02. The van der Waals surface area contributed by atoms with Crippen molar-refractivity contribution in [1.29, 1.82) is 0 Å². The SMILES string of the molecule is CCCNC(c1ccc(Cl)cc1C)C(C)CC. The Hall–Kier alpha value is -0.530. The molecular formula is C15H24ClN. The second kappa shape index (κ2) is 7.03. The molecule has 0 bridgehead atoms. The topological polar surface area (TPSA) is 12.0 Å². The first-order valence-corrected chi connectivity index (χ1v) is 6.97. The highest BCUT2D eigenvalue weighted by Crippen LogP contribution is 2.28. The molecular weight excluding hydrogens is 230 g/mol. The average Bonchev–Trinajstić information content (AvgIpc) is 2.31. The van der Waals surface area contributed by atoms with Gasteiger partial charge in [-0.1, -0.05) is 44.9 Å². The van der Waals surface area contributed by atoms with E-state index < -0.39 is 0 Å². The number of aryl methyl sites for hydroxylation is 1. The van der Waals surface area contributed by atoms with Crippen LogP contribution in [0.1, 0.15) is 50.8 Å². The van der Waals surface area contributed by atoms with Crippen molar-refractivity contribution in [3.63, 3.8) is 0 Å². The van der Waals surface area contributed by atoms with Gasteiger partial charge in [0.2, 0.25) is 0 Å². The van der Waals surface area contributed by atoms with Crippen LogP contribution >= 0.6 is 11.6 Å². The van der Waals surface area contributed by atoms with Crippen LogP contribution in [0.4, 0.5) is 0 Å². The fourth-order valence-electron chi connectivity index (χ4n) is 2.14. The van der Waals surface area contributed by atoms with Gasteiger partial charge < -0.3 is 5.32 Å². The average molecular weight is 254 g/mol. The van der Waals surface area contributed by atoms with Crippen molar-refractivity contribution in [2.45, 2.75) is 46.6 Å². The quantitative estimate of drug-likeness (QED) is 0.773. The molecule has 1 nitrogen and oxygen atoms in total. The van der Waals surface area contributed by atoms with Gasteiger partial charge in [0.25, 0.3) is 0 Å². The lowest BCUT2D eigenvalue weighted by atomic mass is 9.90. The number of rotatable bonds is 6. The van der Waals surface area contributed by atoms with Crippen LogP contribution in [0.2, 0.25) is 5.02 Å². The zero-order valence-electron chi connectivity index (χ0n) is 11.4. The molecule has 0 amide bonds. The first-order chi connectivity index (χ1) is 8.10. The molecule has 0 aliphatic rings. The maximum atomic E-state index is 6.02. The summed E-state index contributed by atoms with van der Waals surface area (Å²) in [6, 6.07) is 6.65. The van der Waals surface area contributed by atoms with Crippen LogP contribution in [0.3, 0.4) is 0 Å². The standard InChI is InChI=1S/C15H24ClN/c1-5-9-17-15(11(3)6-2)14-8-7-13(16)10-12(14)4/h7-8,10-11,15,17H,5-6,9H2,1-4H3. The van der Waals surface area contributed by atoms with Gasteiger partial charge >= 0.3 is 0 Å². The Morgan fingerprint density at radius 3 is 2.53 bits per heavy atom. The summed E-state index contributed by atoms with van der Waals surface area (Å²) in [4.78, 5) is 0. The van der Waals surface area contributed by atoms with Crippen LogP contribution in [-0.2, 0) is 0 Å². The molecule has 0 saturated heterocycles. The lowest BCUT2D eigenvalue weighted by molar-refractivity contribution is 0.376. The summed E-state index contributed by atoms with van der Waals surface area (Å²) in [5.74, 6) is 0.640. The molecule has 1 rings (SSSR count). The molecule has 1 aromatic carbocycles. The minimum Gasteiger partial charge on any atom is -0.310 e. The predicted octanol–water partition coefficient (Wildman–Crippen LogP) is 4.74. The van der Waals surface area contributed by atoms with Gasteiger partial charge in [-0.25, -0.2) is 0 Å². The lowest BCUT2D eigenvalue weighted by Crippen LogP contribution is -2.28. The third-order valence-corrected chi connectivity index (χ3v) is 3.63. The maximum Gasteiger partial charge on any atom is 0.0408 e. The Morgan fingerprint density at radius 2 is 2.00 bits per heavy atom. The number of hydrogen-bond donors (Lipinski definition) is 1. The normalized spacial score (nSPS) is 14.6. The van der Waals surface area contributed by atoms with Crippen molar-refractivity contribution in [3.05, 3.63) is 34.3 Å². The van der Waals surface area contributed by atoms with Crippen LogP contribution in [0.15, 0.2) is 18.2 Å². The second-order valence-corrected chi connectivity index (χ2v) is 5.25. The Kier molecular flexibility index (Phi) is 6.01. The van der Waals surface area contributed by atoms with E-state index in [9.17, 15) is 0 Å². The third-order valence-electron chi connectivity index (χ3n) is 3.39. The van der Waals surface area contributed by atoms with Gasteiger partial charge in [0, 0.05) is 11.1 Å². The first-order valence-electron chi connectivity index (χ1n) is 6.59. The number of benzene rings is 1. The van der Waals surface area contributed by atoms with Gasteiger partial charge in [-0.05, 0) is 49.1 Å². The minimum absolute atomic E-state index is 0.442. The van der Waals surface area contributed by atoms with Crippen molar-refractivity contribution in [1.82, 2.24) is 5.32 Å². The van der Waals surface area contributed by atoms with Gasteiger partial charge in [-0.3, -0.25) is 0 Å². The van der Waals surface area contributed by atoms with Crippen LogP contribution in [0.5, 0.6) is 0 Å². The largest absolute Gasteiger partial charge is 0.310 e. The summed E-state index contributed by atoms with van der Waals surface area (Å²) in [7, 11) is 0. The van der Waals surface area contributed by atoms with Gasteiger partial charge in [0.05, 0.1) is 0 Å². The van der Waals surface area contributed by atoms with E-state index in [1.54, 1.807) is 0 Å². The Bertz CT molecular complexity index is 349. The van der Waals surface area contributed by atoms with Gasteiger partial charge in [0.15, 0.2) is 0 Å². The van der Waals surface area contributed by atoms with Crippen LogP contribution in [0.25, 0.3) is 0 Å². The number of hydrogen-bond acceptors (Lipinski definition) is 1. The Morgan fingerprint density at radius 1 is 1.29 bits per heavy atom. The number of nitrogens with one attached hydrogen (secondary N) is 1. The summed E-state index contributed by atoms with van der Waals surface area (Å²) in [6.45, 7) is 9.97. The van der Waals surface area contributed by atoms with Gasteiger partial charge in [0.1, 0.15) is 0 Å². The van der Waals surface area contributed by atoms with E-state index in [0.717, 1.165) is 11.6 Å². The van der Waals surface area contributed by atoms with E-state index >= 15 is 0 Å². The van der Waals surface area contributed by atoms with Crippen molar-refractivity contribution >= 4 is 11.6 Å². The molecule has 0 fully saturated rings. The fraction of sp³-hybridized carbons (Fsp3) is 0.600. The first kappa shape index (κ1) is 14.5. The molecule has 0 spiro atoms. The summed E-state index contributed by atoms with van der Waals surface area (Å²) >= 11 is 6.02. The third kappa shape index (κ3) is 4.01. The lowest BCUT2D eigenvalue weighted by Gasteiger charge is -2.26. The second-order valence-electron chi connectivity index (χ2n) is 4.82. The van der Waals surface area contributed by atoms with Crippen molar-refractivity contribution in [3.8, 4) is 0 Å². The van der Waals surface area contributed by atoms with Gasteiger partial charge in [-0.15, -0.1) is 0 Å². The minimum atomic E-state index is 0.442. The monoisotopic (exact) mass is 253 g/mol. The van der Waals surface area contributed by atoms with Crippen LogP contribution in [0, 0.1) is 12.8 Å². The highest BCUT2D eigenvalue weighted by atomic mass is 35.5. The van der Waals surface area contributed by atoms with E-state index in [2.05, 4.69) is 45.1 Å². The van der Waals surface area contributed by atoms with Gasteiger partial charge in [-0.2, -0.15) is 0 Å². The summed E-state index contributed by atoms with van der Waals surface area (Å²) in [5, 5.41) is 4.48. The van der Waals surface area contributed by atoms with E-state index in [1.165, 1.54) is 24.0 Å². The molecule has 2 atom stereocenters. The molecule has 1 aromatic rings. The molecule has 0 radical (unpaired) electrons. The molecule has 2 heteroatoms. The van der Waals surface area contributed by atoms with Crippen LogP contribution < -0.4 is 5.32 Å². The zero-order valence-corrected chi connectivity index (χ0v) is 12.1. The zero-order chi connectivity index (χ0) is 12.8. The van der Waals surface area contributed by atoms with E-state index in [-0.39, 0.29) is 0 Å². The molecule has 1 N–H and O–H groups in total. The fourth-order valence-corrected chi connectivity index (χ4v) is 2.37. The summed E-state index contributed by atoms with van der Waals surface area (Å²) in [6.07, 6.45) is 2.35. The van der Waals surface area contributed by atoms with E-state index in [1.807, 2.05) is 6.07 Å². The summed E-state index contributed by atoms with van der Waals surface area (Å²) < 4.78 is 0.